The quantitative estimate of drug-likeness (QED) is 0.359. The Labute approximate surface area is 86.0 Å². The minimum absolute atomic E-state index is 0.732. The smallest absolute Gasteiger partial charge is 0.114 e. The van der Waals surface area contributed by atoms with Gasteiger partial charge in [-0.25, -0.2) is 0 Å². The summed E-state index contributed by atoms with van der Waals surface area (Å²) in [5.74, 6) is 0.764. The van der Waals surface area contributed by atoms with Gasteiger partial charge in [0.1, 0.15) is 5.76 Å². The maximum absolute atomic E-state index is 4.99. The van der Waals surface area contributed by atoms with E-state index >= 15 is 0 Å². The van der Waals surface area contributed by atoms with Crippen LogP contribution in [0.4, 0.5) is 0 Å². The first-order chi connectivity index (χ1) is 6.70. The molecule has 0 spiro atoms. The summed E-state index contributed by atoms with van der Waals surface area (Å²) in [4.78, 5) is 4.05. The molecule has 0 aromatic carbocycles. The lowest BCUT2D eigenvalue weighted by molar-refractivity contribution is 0.306. The summed E-state index contributed by atoms with van der Waals surface area (Å²) in [6.07, 6.45) is 9.67. The van der Waals surface area contributed by atoms with E-state index in [0.717, 1.165) is 17.8 Å². The third-order valence-corrected chi connectivity index (χ3v) is 1.41. The van der Waals surface area contributed by atoms with Crippen molar-refractivity contribution in [2.75, 3.05) is 7.11 Å². The molecule has 14 heavy (non-hydrogen) atoms. The monoisotopic (exact) mass is 191 g/mol. The van der Waals surface area contributed by atoms with Crippen molar-refractivity contribution in [1.29, 1.82) is 0 Å². The Balaban J connectivity index is 3.88. The van der Waals surface area contributed by atoms with Crippen LogP contribution in [0.3, 0.4) is 0 Å². The van der Waals surface area contributed by atoms with E-state index in [9.17, 15) is 0 Å². The van der Waals surface area contributed by atoms with Crippen molar-refractivity contribution in [3.8, 4) is 0 Å². The molecule has 0 saturated heterocycles. The number of ether oxygens (including phenoxy) is 1. The van der Waals surface area contributed by atoms with Gasteiger partial charge in [0.15, 0.2) is 0 Å². The van der Waals surface area contributed by atoms with Gasteiger partial charge in [-0.05, 0) is 25.2 Å². The zero-order valence-corrected chi connectivity index (χ0v) is 8.86. The maximum Gasteiger partial charge on any atom is 0.114 e. The van der Waals surface area contributed by atoms with E-state index in [0.29, 0.717) is 0 Å². The number of rotatable bonds is 6. The van der Waals surface area contributed by atoms with E-state index in [-0.39, 0.29) is 0 Å². The lowest BCUT2D eigenvalue weighted by Crippen LogP contribution is -1.81. The molecule has 0 aliphatic rings. The average Bonchev–Trinajstić information content (AvgIpc) is 2.16. The molecule has 0 unspecified atom stereocenters. The number of nitrogens with zero attached hydrogens (tertiary/aromatic N) is 1. The van der Waals surface area contributed by atoms with Crippen LogP contribution in [0.5, 0.6) is 0 Å². The van der Waals surface area contributed by atoms with Crippen LogP contribution in [-0.2, 0) is 4.74 Å². The van der Waals surface area contributed by atoms with E-state index in [2.05, 4.69) is 18.2 Å². The molecule has 0 N–H and O–H groups in total. The Bertz CT molecular complexity index is 272. The Morgan fingerprint density at radius 2 is 2.21 bits per heavy atom. The van der Waals surface area contributed by atoms with E-state index in [1.807, 2.05) is 19.1 Å². The minimum atomic E-state index is 0.732. The highest BCUT2D eigenvalue weighted by Gasteiger charge is 1.83. The molecule has 0 rings (SSSR count). The van der Waals surface area contributed by atoms with Crippen LogP contribution in [0.1, 0.15) is 13.3 Å². The summed E-state index contributed by atoms with van der Waals surface area (Å²) < 4.78 is 4.99. The molecule has 0 fully saturated rings. The minimum Gasteiger partial charge on any atom is -0.497 e. The summed E-state index contributed by atoms with van der Waals surface area (Å²) in [6.45, 7) is 9.25. The highest BCUT2D eigenvalue weighted by molar-refractivity contribution is 5.60. The maximum atomic E-state index is 4.99. The summed E-state index contributed by atoms with van der Waals surface area (Å²) >= 11 is 0. The number of methoxy groups -OCH3 is 1. The highest BCUT2D eigenvalue weighted by atomic mass is 16.5. The summed E-state index contributed by atoms with van der Waals surface area (Å²) in [6, 6.07) is 0. The Morgan fingerprint density at radius 1 is 1.50 bits per heavy atom. The number of hydrogen-bond donors (Lipinski definition) is 0. The molecular formula is C12H17NO. The van der Waals surface area contributed by atoms with Gasteiger partial charge in [-0.1, -0.05) is 18.7 Å². The van der Waals surface area contributed by atoms with E-state index in [1.54, 1.807) is 25.6 Å². The molecule has 0 bridgehead atoms. The topological polar surface area (TPSA) is 21.6 Å². The molecule has 0 atom stereocenters. The van der Waals surface area contributed by atoms with Gasteiger partial charge in [-0.15, -0.1) is 0 Å². The van der Waals surface area contributed by atoms with Crippen molar-refractivity contribution in [2.45, 2.75) is 13.3 Å². The van der Waals surface area contributed by atoms with Gasteiger partial charge in [0, 0.05) is 18.8 Å². The molecule has 2 heteroatoms. The van der Waals surface area contributed by atoms with Gasteiger partial charge in [0.05, 0.1) is 7.11 Å². The molecule has 2 nitrogen and oxygen atoms in total. The van der Waals surface area contributed by atoms with Crippen molar-refractivity contribution in [3.05, 3.63) is 48.9 Å². The van der Waals surface area contributed by atoms with Crippen LogP contribution in [-0.4, -0.2) is 13.3 Å². The highest BCUT2D eigenvalue weighted by Crippen LogP contribution is 1.97. The van der Waals surface area contributed by atoms with Crippen molar-refractivity contribution < 1.29 is 4.74 Å². The summed E-state index contributed by atoms with van der Waals surface area (Å²) in [7, 11) is 1.62. The summed E-state index contributed by atoms with van der Waals surface area (Å²) in [5, 5.41) is 0. The average molecular weight is 191 g/mol. The van der Waals surface area contributed by atoms with Crippen molar-refractivity contribution in [2.24, 2.45) is 4.99 Å². The van der Waals surface area contributed by atoms with Gasteiger partial charge in [-0.3, -0.25) is 4.99 Å². The van der Waals surface area contributed by atoms with Crippen LogP contribution in [0.25, 0.3) is 0 Å². The molecule has 76 valence electrons. The summed E-state index contributed by atoms with van der Waals surface area (Å²) in [5.41, 5.74) is 0.987. The number of hydrogen-bond acceptors (Lipinski definition) is 2. The van der Waals surface area contributed by atoms with Crippen molar-refractivity contribution in [3.63, 3.8) is 0 Å². The van der Waals surface area contributed by atoms with Crippen LogP contribution < -0.4 is 0 Å². The molecule has 0 amide bonds. The third-order valence-electron chi connectivity index (χ3n) is 1.41. The Morgan fingerprint density at radius 3 is 2.71 bits per heavy atom. The first-order valence-corrected chi connectivity index (χ1v) is 4.41. The second-order valence-electron chi connectivity index (χ2n) is 2.74. The molecule has 0 heterocycles. The van der Waals surface area contributed by atoms with Gasteiger partial charge >= 0.3 is 0 Å². The SMILES string of the molecule is C=C/C(=C\CC=N/C=C\C(=C)C)OC. The molecule has 0 aliphatic heterocycles. The number of allylic oxidation sites excluding steroid dienone is 4. The predicted molar refractivity (Wildman–Crippen MR) is 62.4 cm³/mol. The molecule has 0 radical (unpaired) electrons. The Hall–Kier alpha value is -1.57. The third kappa shape index (κ3) is 7.10. The predicted octanol–water partition coefficient (Wildman–Crippen LogP) is 3.25. The first-order valence-electron chi connectivity index (χ1n) is 4.41. The van der Waals surface area contributed by atoms with Gasteiger partial charge in [0.2, 0.25) is 0 Å². The van der Waals surface area contributed by atoms with Gasteiger partial charge in [-0.2, -0.15) is 0 Å². The van der Waals surface area contributed by atoms with E-state index < -0.39 is 0 Å². The second-order valence-corrected chi connectivity index (χ2v) is 2.74. The van der Waals surface area contributed by atoms with Gasteiger partial charge < -0.3 is 4.74 Å². The molecule has 0 aromatic heterocycles. The fraction of sp³-hybridized carbons (Fsp3) is 0.250. The standard InChI is InChI=1S/C12H17NO/c1-5-12(14-4)7-6-9-13-10-8-11(2)3/h5,7-10H,1-2,6H2,3-4H3/b10-8-,12-7+,13-9?. The molecule has 0 aromatic rings. The molecule has 0 saturated carbocycles. The van der Waals surface area contributed by atoms with Crippen LogP contribution in [0.15, 0.2) is 53.9 Å². The van der Waals surface area contributed by atoms with E-state index in [4.69, 9.17) is 4.74 Å². The second kappa shape index (κ2) is 8.05. The number of aliphatic imine (C=N–C) groups is 1. The zero-order valence-electron chi connectivity index (χ0n) is 8.86. The lowest BCUT2D eigenvalue weighted by atomic mass is 10.3. The van der Waals surface area contributed by atoms with E-state index in [1.165, 1.54) is 0 Å². The van der Waals surface area contributed by atoms with Crippen LogP contribution in [0, 0.1) is 0 Å². The fourth-order valence-corrected chi connectivity index (χ4v) is 0.711. The van der Waals surface area contributed by atoms with Crippen LogP contribution >= 0.6 is 0 Å². The van der Waals surface area contributed by atoms with Crippen LogP contribution in [0.2, 0.25) is 0 Å². The zero-order chi connectivity index (χ0) is 10.8. The Kier molecular flexibility index (Phi) is 7.15. The lowest BCUT2D eigenvalue weighted by Gasteiger charge is -1.96. The van der Waals surface area contributed by atoms with Crippen molar-refractivity contribution in [1.82, 2.24) is 0 Å². The largest absolute Gasteiger partial charge is 0.497 e. The molecule has 0 aliphatic carbocycles. The normalized spacial score (nSPS) is 12.3. The van der Waals surface area contributed by atoms with Gasteiger partial charge in [0.25, 0.3) is 0 Å². The fourth-order valence-electron chi connectivity index (χ4n) is 0.711. The van der Waals surface area contributed by atoms with Crippen molar-refractivity contribution >= 4 is 6.21 Å². The molecular weight excluding hydrogens is 174 g/mol. The first kappa shape index (κ1) is 12.4.